The van der Waals surface area contributed by atoms with E-state index in [0.29, 0.717) is 35.2 Å². The molecule has 1 aliphatic rings. The lowest BCUT2D eigenvalue weighted by atomic mass is 10.2. The highest BCUT2D eigenvalue weighted by Crippen LogP contribution is 2.38. The average molecular weight is 385 g/mol. The molecule has 1 amide bonds. The van der Waals surface area contributed by atoms with Crippen molar-refractivity contribution in [3.63, 3.8) is 0 Å². The molecule has 3 aromatic heterocycles. The Morgan fingerprint density at radius 3 is 2.89 bits per heavy atom. The van der Waals surface area contributed by atoms with Gasteiger partial charge in [-0.2, -0.15) is 0 Å². The maximum Gasteiger partial charge on any atom is 0.257 e. The molecule has 27 heavy (non-hydrogen) atoms. The maximum atomic E-state index is 12.5. The van der Waals surface area contributed by atoms with Crippen LogP contribution in [0.25, 0.3) is 10.2 Å². The Hall–Kier alpha value is -2.78. The number of nitrogens with one attached hydrogen (secondary N) is 1. The first kappa shape index (κ1) is 17.6. The van der Waals surface area contributed by atoms with Crippen molar-refractivity contribution in [2.45, 2.75) is 6.92 Å². The molecule has 0 aromatic carbocycles. The van der Waals surface area contributed by atoms with E-state index >= 15 is 0 Å². The molecule has 3 aromatic rings. The first-order chi connectivity index (χ1) is 13.2. The normalized spacial score (nSPS) is 14.4. The minimum Gasteiger partial charge on any atom is -0.493 e. The Balaban J connectivity index is 1.68. The summed E-state index contributed by atoms with van der Waals surface area (Å²) in [6.45, 7) is 4.71. The van der Waals surface area contributed by atoms with Gasteiger partial charge in [-0.1, -0.05) is 11.3 Å². The Bertz CT molecular complexity index is 984. The standard InChI is InChI=1S/C18H19N5O3S/c1-11-9-12(3-4-19-11)17(24)22-18-21-14-13(25-2)10-20-16(15(14)27-18)23-5-7-26-8-6-23/h3-4,9-10H,5-8H2,1-2H3,(H,21,22,24). The topological polar surface area (TPSA) is 89.5 Å². The summed E-state index contributed by atoms with van der Waals surface area (Å²) in [6, 6.07) is 3.42. The molecule has 140 valence electrons. The summed E-state index contributed by atoms with van der Waals surface area (Å²) in [6.07, 6.45) is 3.29. The van der Waals surface area contributed by atoms with Gasteiger partial charge in [0.25, 0.3) is 5.91 Å². The van der Waals surface area contributed by atoms with Crippen LogP contribution in [0.1, 0.15) is 16.1 Å². The number of aromatic nitrogens is 3. The lowest BCUT2D eigenvalue weighted by Crippen LogP contribution is -2.36. The minimum atomic E-state index is -0.223. The Kier molecular flexibility index (Phi) is 4.87. The quantitative estimate of drug-likeness (QED) is 0.738. The van der Waals surface area contributed by atoms with E-state index in [0.717, 1.165) is 29.3 Å². The van der Waals surface area contributed by atoms with Crippen molar-refractivity contribution in [3.8, 4) is 5.75 Å². The maximum absolute atomic E-state index is 12.5. The Labute approximate surface area is 160 Å². The number of amides is 1. The molecule has 1 N–H and O–H groups in total. The molecule has 0 saturated carbocycles. The Morgan fingerprint density at radius 2 is 2.15 bits per heavy atom. The molecular weight excluding hydrogens is 366 g/mol. The van der Waals surface area contributed by atoms with Gasteiger partial charge in [0.15, 0.2) is 10.9 Å². The van der Waals surface area contributed by atoms with Gasteiger partial charge in [0, 0.05) is 30.5 Å². The predicted octanol–water partition coefficient (Wildman–Crippen LogP) is 2.49. The molecule has 0 radical (unpaired) electrons. The van der Waals surface area contributed by atoms with Crippen molar-refractivity contribution < 1.29 is 14.3 Å². The SMILES string of the molecule is COc1cnc(N2CCOCC2)c2sc(NC(=O)c3ccnc(C)c3)nc12. The molecule has 0 aliphatic carbocycles. The van der Waals surface area contributed by atoms with Crippen LogP contribution in [0.5, 0.6) is 5.75 Å². The summed E-state index contributed by atoms with van der Waals surface area (Å²) in [5.41, 5.74) is 2.02. The van der Waals surface area contributed by atoms with E-state index in [4.69, 9.17) is 9.47 Å². The van der Waals surface area contributed by atoms with Gasteiger partial charge in [0.2, 0.25) is 0 Å². The summed E-state index contributed by atoms with van der Waals surface area (Å²) < 4.78 is 11.7. The lowest BCUT2D eigenvalue weighted by molar-refractivity contribution is 0.102. The van der Waals surface area contributed by atoms with E-state index in [2.05, 4.69) is 25.2 Å². The summed E-state index contributed by atoms with van der Waals surface area (Å²) in [4.78, 5) is 28.0. The molecule has 9 heteroatoms. The van der Waals surface area contributed by atoms with Crippen LogP contribution in [0.2, 0.25) is 0 Å². The number of thiazole rings is 1. The number of hydrogen-bond donors (Lipinski definition) is 1. The second-order valence-corrected chi connectivity index (χ2v) is 7.09. The number of anilines is 2. The number of nitrogens with zero attached hydrogens (tertiary/aromatic N) is 4. The van der Waals surface area contributed by atoms with Gasteiger partial charge in [-0.25, -0.2) is 9.97 Å². The molecule has 0 spiro atoms. The van der Waals surface area contributed by atoms with Crippen molar-refractivity contribution >= 4 is 38.4 Å². The van der Waals surface area contributed by atoms with Gasteiger partial charge < -0.3 is 14.4 Å². The summed E-state index contributed by atoms with van der Waals surface area (Å²) in [5.74, 6) is 1.20. The van der Waals surface area contributed by atoms with E-state index in [-0.39, 0.29) is 5.91 Å². The van der Waals surface area contributed by atoms with Crippen LogP contribution in [-0.4, -0.2) is 54.3 Å². The summed E-state index contributed by atoms with van der Waals surface area (Å²) in [5, 5.41) is 3.38. The first-order valence-corrected chi connectivity index (χ1v) is 9.37. The third kappa shape index (κ3) is 3.56. The monoisotopic (exact) mass is 385 g/mol. The van der Waals surface area contributed by atoms with Gasteiger partial charge in [0.05, 0.1) is 26.5 Å². The highest BCUT2D eigenvalue weighted by molar-refractivity contribution is 7.23. The number of fused-ring (bicyclic) bond motifs is 1. The van der Waals surface area contributed by atoms with Crippen LogP contribution < -0.4 is 15.0 Å². The predicted molar refractivity (Wildman–Crippen MR) is 104 cm³/mol. The van der Waals surface area contributed by atoms with E-state index in [9.17, 15) is 4.79 Å². The number of carbonyl (C=O) groups is 1. The number of methoxy groups -OCH3 is 1. The first-order valence-electron chi connectivity index (χ1n) is 8.56. The molecule has 8 nitrogen and oxygen atoms in total. The van der Waals surface area contributed by atoms with Crippen molar-refractivity contribution in [2.75, 3.05) is 43.6 Å². The number of rotatable bonds is 4. The second-order valence-electron chi connectivity index (χ2n) is 6.09. The summed E-state index contributed by atoms with van der Waals surface area (Å²) in [7, 11) is 1.59. The fourth-order valence-electron chi connectivity index (χ4n) is 2.94. The molecule has 4 heterocycles. The zero-order valence-electron chi connectivity index (χ0n) is 15.1. The largest absolute Gasteiger partial charge is 0.493 e. The molecule has 0 unspecified atom stereocenters. The fraction of sp³-hybridized carbons (Fsp3) is 0.333. The van der Waals surface area contributed by atoms with Crippen molar-refractivity contribution in [3.05, 3.63) is 35.8 Å². The van der Waals surface area contributed by atoms with Crippen molar-refractivity contribution in [1.29, 1.82) is 0 Å². The molecular formula is C18H19N5O3S. The van der Waals surface area contributed by atoms with Crippen LogP contribution >= 0.6 is 11.3 Å². The van der Waals surface area contributed by atoms with Crippen molar-refractivity contribution in [1.82, 2.24) is 15.0 Å². The van der Waals surface area contributed by atoms with Gasteiger partial charge in [-0.15, -0.1) is 0 Å². The molecule has 4 rings (SSSR count). The van der Waals surface area contributed by atoms with E-state index in [1.54, 1.807) is 31.6 Å². The smallest absolute Gasteiger partial charge is 0.257 e. The van der Waals surface area contributed by atoms with Crippen molar-refractivity contribution in [2.24, 2.45) is 0 Å². The van der Waals surface area contributed by atoms with Crippen LogP contribution in [0.15, 0.2) is 24.5 Å². The number of morpholine rings is 1. The highest BCUT2D eigenvalue weighted by Gasteiger charge is 2.21. The molecule has 1 fully saturated rings. The zero-order valence-corrected chi connectivity index (χ0v) is 15.9. The van der Waals surface area contributed by atoms with Gasteiger partial charge in [-0.05, 0) is 19.1 Å². The molecule has 0 atom stereocenters. The highest BCUT2D eigenvalue weighted by atomic mass is 32.1. The van der Waals surface area contributed by atoms with Crippen LogP contribution in [-0.2, 0) is 4.74 Å². The van der Waals surface area contributed by atoms with Crippen LogP contribution in [0, 0.1) is 6.92 Å². The third-order valence-electron chi connectivity index (χ3n) is 4.28. The third-order valence-corrected chi connectivity index (χ3v) is 5.24. The van der Waals surface area contributed by atoms with Crippen LogP contribution in [0.3, 0.4) is 0 Å². The number of aryl methyl sites for hydroxylation is 1. The number of ether oxygens (including phenoxy) is 2. The average Bonchev–Trinajstić information content (AvgIpc) is 3.11. The molecule has 0 bridgehead atoms. The van der Waals surface area contributed by atoms with E-state index < -0.39 is 0 Å². The number of pyridine rings is 2. The molecule has 1 saturated heterocycles. The minimum absolute atomic E-state index is 0.223. The van der Waals surface area contributed by atoms with Gasteiger partial charge >= 0.3 is 0 Å². The van der Waals surface area contributed by atoms with Gasteiger partial charge in [0.1, 0.15) is 16.0 Å². The van der Waals surface area contributed by atoms with Gasteiger partial charge in [-0.3, -0.25) is 15.1 Å². The van der Waals surface area contributed by atoms with Crippen LogP contribution in [0.4, 0.5) is 10.9 Å². The second kappa shape index (κ2) is 7.45. The van der Waals surface area contributed by atoms with E-state index in [1.165, 1.54) is 11.3 Å². The number of carbonyl (C=O) groups excluding carboxylic acids is 1. The summed E-state index contributed by atoms with van der Waals surface area (Å²) >= 11 is 1.39. The molecule has 1 aliphatic heterocycles. The number of hydrogen-bond acceptors (Lipinski definition) is 8. The fourth-order valence-corrected chi connectivity index (χ4v) is 3.93. The lowest BCUT2D eigenvalue weighted by Gasteiger charge is -2.28. The van der Waals surface area contributed by atoms with E-state index in [1.807, 2.05) is 6.92 Å². The zero-order chi connectivity index (χ0) is 18.8. The Morgan fingerprint density at radius 1 is 1.33 bits per heavy atom.